The fraction of sp³-hybridized carbons (Fsp3) is 0.214. The Bertz CT molecular complexity index is 821. The van der Waals surface area contributed by atoms with Crippen molar-refractivity contribution in [3.8, 4) is 0 Å². The Morgan fingerprint density at radius 1 is 1.32 bits per heavy atom. The highest BCUT2D eigenvalue weighted by molar-refractivity contribution is 6.41. The lowest BCUT2D eigenvalue weighted by Gasteiger charge is -2.11. The first-order chi connectivity index (χ1) is 11.6. The number of rotatable bonds is 4. The molecule has 2 rings (SSSR count). The number of esters is 1. The predicted molar refractivity (Wildman–Crippen MR) is 83.4 cm³/mol. The van der Waals surface area contributed by atoms with Gasteiger partial charge in [-0.25, -0.2) is 4.98 Å². The first kappa shape index (κ1) is 19.1. The fourth-order valence-corrected chi connectivity index (χ4v) is 2.16. The summed E-state index contributed by atoms with van der Waals surface area (Å²) in [5, 5.41) is 1.88. The molecule has 0 aliphatic rings. The average Bonchev–Trinajstić information content (AvgIpc) is 2.80. The van der Waals surface area contributed by atoms with E-state index in [0.29, 0.717) is 0 Å². The lowest BCUT2D eigenvalue weighted by molar-refractivity contribution is -0.144. The number of amides is 1. The van der Waals surface area contributed by atoms with Crippen LogP contribution in [0.4, 0.5) is 18.9 Å². The molecule has 1 N–H and O–H groups in total. The molecule has 1 aromatic heterocycles. The summed E-state index contributed by atoms with van der Waals surface area (Å²) in [6.45, 7) is 0.716. The van der Waals surface area contributed by atoms with E-state index < -0.39 is 30.3 Å². The molecule has 0 aliphatic carbocycles. The zero-order valence-corrected chi connectivity index (χ0v) is 14.0. The summed E-state index contributed by atoms with van der Waals surface area (Å²) < 4.78 is 43.9. The highest BCUT2D eigenvalue weighted by Gasteiger charge is 2.30. The van der Waals surface area contributed by atoms with Gasteiger partial charge in [0, 0.05) is 12.6 Å². The molecule has 0 bridgehead atoms. The Balaban J connectivity index is 2.27. The minimum atomic E-state index is -4.55. The molecule has 25 heavy (non-hydrogen) atoms. The number of hydrogen-bond donors (Lipinski definition) is 1. The van der Waals surface area contributed by atoms with Gasteiger partial charge in [-0.1, -0.05) is 29.3 Å². The molecular formula is C14H10Cl2F3N3O3. The second-order valence-electron chi connectivity index (χ2n) is 4.74. The monoisotopic (exact) mass is 395 g/mol. The second-order valence-corrected chi connectivity index (χ2v) is 5.46. The van der Waals surface area contributed by atoms with Crippen LogP contribution in [-0.2, 0) is 22.4 Å². The molecule has 1 heterocycles. The number of carbonyl (C=O) groups is 2. The van der Waals surface area contributed by atoms with E-state index >= 15 is 0 Å². The van der Waals surface area contributed by atoms with Gasteiger partial charge in [0.05, 0.1) is 5.56 Å². The lowest BCUT2D eigenvalue weighted by atomic mass is 10.2. The molecule has 1 aromatic carbocycles. The molecule has 0 atom stereocenters. The smallest absolute Gasteiger partial charge is 0.416 e. The Morgan fingerprint density at radius 2 is 2.00 bits per heavy atom. The highest BCUT2D eigenvalue weighted by atomic mass is 35.5. The minimum Gasteiger partial charge on any atom is -0.444 e. The fourth-order valence-electron chi connectivity index (χ4n) is 1.81. The van der Waals surface area contributed by atoms with Crippen LogP contribution in [0, 0.1) is 0 Å². The third-order valence-electron chi connectivity index (χ3n) is 2.91. The van der Waals surface area contributed by atoms with Crippen molar-refractivity contribution in [1.82, 2.24) is 9.55 Å². The number of anilines is 1. The first-order valence-corrected chi connectivity index (χ1v) is 7.38. The molecule has 6 nitrogen and oxygen atoms in total. The average molecular weight is 396 g/mol. The van der Waals surface area contributed by atoms with Gasteiger partial charge in [0.2, 0.25) is 5.82 Å². The summed E-state index contributed by atoms with van der Waals surface area (Å²) in [7, 11) is 0. The number of imidazole rings is 1. The number of benzene rings is 1. The molecule has 1 amide bonds. The Hall–Kier alpha value is -2.26. The maximum atomic E-state index is 12.7. The minimum absolute atomic E-state index is 0.103. The van der Waals surface area contributed by atoms with Crippen molar-refractivity contribution in [3.63, 3.8) is 0 Å². The summed E-state index contributed by atoms with van der Waals surface area (Å²) in [6, 6.07) is 4.05. The van der Waals surface area contributed by atoms with Gasteiger partial charge in [-0.2, -0.15) is 13.2 Å². The zero-order valence-electron chi connectivity index (χ0n) is 12.5. The molecule has 0 fully saturated rings. The lowest BCUT2D eigenvalue weighted by Crippen LogP contribution is -2.20. The maximum absolute atomic E-state index is 12.7. The number of alkyl halides is 3. The summed E-state index contributed by atoms with van der Waals surface area (Å²) in [6.07, 6.45) is -4.55. The van der Waals surface area contributed by atoms with Crippen LogP contribution in [0.25, 0.3) is 0 Å². The normalized spacial score (nSPS) is 11.3. The molecule has 0 saturated heterocycles. The van der Waals surface area contributed by atoms with Crippen LogP contribution in [0.1, 0.15) is 23.1 Å². The van der Waals surface area contributed by atoms with E-state index in [1.807, 2.05) is 0 Å². The standard InChI is InChI=1S/C14H10Cl2F3N3O3/c1-7(23)25-6-22-11(16)10(15)21-12(22)13(24)20-9-4-2-3-8(5-9)14(17,18)19/h2-5H,6H2,1H3,(H,20,24). The molecule has 2 aromatic rings. The van der Waals surface area contributed by atoms with Crippen molar-refractivity contribution in [2.75, 3.05) is 5.32 Å². The molecular weight excluding hydrogens is 386 g/mol. The van der Waals surface area contributed by atoms with Crippen LogP contribution in [-0.4, -0.2) is 21.4 Å². The summed E-state index contributed by atoms with van der Waals surface area (Å²) in [5.41, 5.74) is -1.03. The zero-order chi connectivity index (χ0) is 18.8. The van der Waals surface area contributed by atoms with E-state index in [0.717, 1.165) is 29.7 Å². The number of ether oxygens (including phenoxy) is 1. The van der Waals surface area contributed by atoms with Gasteiger partial charge in [0.15, 0.2) is 17.0 Å². The van der Waals surface area contributed by atoms with Gasteiger partial charge in [-0.05, 0) is 18.2 Å². The van der Waals surface area contributed by atoms with Gasteiger partial charge in [-0.3, -0.25) is 14.2 Å². The van der Waals surface area contributed by atoms with Gasteiger partial charge in [-0.15, -0.1) is 0 Å². The molecule has 0 spiro atoms. The molecule has 11 heteroatoms. The van der Waals surface area contributed by atoms with Crippen LogP contribution < -0.4 is 5.32 Å². The number of aromatic nitrogens is 2. The molecule has 0 aliphatic heterocycles. The van der Waals surface area contributed by atoms with Crippen molar-refractivity contribution in [2.24, 2.45) is 0 Å². The second kappa shape index (κ2) is 7.32. The Kier molecular flexibility index (Phi) is 5.58. The van der Waals surface area contributed by atoms with Gasteiger partial charge in [0.1, 0.15) is 0 Å². The summed E-state index contributed by atoms with van der Waals surface area (Å²) in [4.78, 5) is 26.9. The number of carbonyl (C=O) groups excluding carboxylic acids is 2. The van der Waals surface area contributed by atoms with Crippen LogP contribution in [0.3, 0.4) is 0 Å². The van der Waals surface area contributed by atoms with Gasteiger partial charge >= 0.3 is 12.1 Å². The van der Waals surface area contributed by atoms with E-state index in [9.17, 15) is 22.8 Å². The largest absolute Gasteiger partial charge is 0.444 e. The van der Waals surface area contributed by atoms with Crippen molar-refractivity contribution < 1.29 is 27.5 Å². The summed E-state index contributed by atoms with van der Waals surface area (Å²) >= 11 is 11.6. The van der Waals surface area contributed by atoms with Crippen molar-refractivity contribution >= 4 is 40.8 Å². The third-order valence-corrected chi connectivity index (χ3v) is 3.66. The SMILES string of the molecule is CC(=O)OCn1c(C(=O)Nc2cccc(C(F)(F)F)c2)nc(Cl)c1Cl. The quantitative estimate of drug-likeness (QED) is 0.794. The molecule has 0 saturated carbocycles. The van der Waals surface area contributed by atoms with Gasteiger partial charge < -0.3 is 10.1 Å². The van der Waals surface area contributed by atoms with E-state index in [-0.39, 0.29) is 21.8 Å². The van der Waals surface area contributed by atoms with Crippen LogP contribution in [0.5, 0.6) is 0 Å². The summed E-state index contributed by atoms with van der Waals surface area (Å²) in [5.74, 6) is -1.83. The predicted octanol–water partition coefficient (Wildman–Crippen LogP) is 3.98. The highest BCUT2D eigenvalue weighted by Crippen LogP contribution is 2.31. The van der Waals surface area contributed by atoms with Crippen molar-refractivity contribution in [1.29, 1.82) is 0 Å². The van der Waals surface area contributed by atoms with Crippen molar-refractivity contribution in [2.45, 2.75) is 19.8 Å². The van der Waals surface area contributed by atoms with Crippen molar-refractivity contribution in [3.05, 3.63) is 46.0 Å². The van der Waals surface area contributed by atoms with E-state index in [1.165, 1.54) is 6.07 Å². The topological polar surface area (TPSA) is 73.2 Å². The van der Waals surface area contributed by atoms with E-state index in [4.69, 9.17) is 27.9 Å². The number of halogens is 5. The number of nitrogens with zero attached hydrogens (tertiary/aromatic N) is 2. The van der Waals surface area contributed by atoms with Crippen LogP contribution in [0.2, 0.25) is 10.3 Å². The van der Waals surface area contributed by atoms with Gasteiger partial charge in [0.25, 0.3) is 5.91 Å². The Labute approximate surface area is 149 Å². The first-order valence-electron chi connectivity index (χ1n) is 6.63. The maximum Gasteiger partial charge on any atom is 0.416 e. The number of hydrogen-bond acceptors (Lipinski definition) is 4. The van der Waals surface area contributed by atoms with E-state index in [1.54, 1.807) is 0 Å². The van der Waals surface area contributed by atoms with Crippen LogP contribution >= 0.6 is 23.2 Å². The van der Waals surface area contributed by atoms with E-state index in [2.05, 4.69) is 10.3 Å². The Morgan fingerprint density at radius 3 is 2.60 bits per heavy atom. The molecule has 0 unspecified atom stereocenters. The molecule has 134 valence electrons. The molecule has 0 radical (unpaired) electrons. The number of nitrogens with one attached hydrogen (secondary N) is 1. The van der Waals surface area contributed by atoms with Crippen LogP contribution in [0.15, 0.2) is 24.3 Å². The third kappa shape index (κ3) is 4.64.